The molecule has 0 saturated heterocycles. The van der Waals surface area contributed by atoms with E-state index in [2.05, 4.69) is 10.6 Å². The fourth-order valence-corrected chi connectivity index (χ4v) is 3.45. The number of amides is 2. The Hall–Kier alpha value is -3.02. The van der Waals surface area contributed by atoms with Crippen molar-refractivity contribution in [3.63, 3.8) is 0 Å². The van der Waals surface area contributed by atoms with E-state index in [1.165, 1.54) is 7.11 Å². The largest absolute Gasteiger partial charge is 0.497 e. The lowest BCUT2D eigenvalue weighted by Gasteiger charge is -2.19. The van der Waals surface area contributed by atoms with Crippen LogP contribution in [0, 0.1) is 26.2 Å². The molecule has 2 amide bonds. The number of methoxy groups -OCH3 is 2. The molecule has 2 aromatic rings. The van der Waals surface area contributed by atoms with Gasteiger partial charge in [-0.25, -0.2) is 0 Å². The minimum absolute atomic E-state index is 0.276. The minimum atomic E-state index is -1.06. The van der Waals surface area contributed by atoms with E-state index < -0.39 is 5.41 Å². The summed E-state index contributed by atoms with van der Waals surface area (Å²) in [5.74, 6) is 0.493. The molecule has 1 fully saturated rings. The third-order valence-corrected chi connectivity index (χ3v) is 5.19. The van der Waals surface area contributed by atoms with E-state index in [1.807, 2.05) is 32.9 Å². The van der Waals surface area contributed by atoms with Crippen molar-refractivity contribution in [1.29, 1.82) is 0 Å². The molecule has 148 valence electrons. The summed E-state index contributed by atoms with van der Waals surface area (Å²) in [5.41, 5.74) is 3.30. The highest BCUT2D eigenvalue weighted by Gasteiger charge is 2.56. The first-order valence-electron chi connectivity index (χ1n) is 9.23. The van der Waals surface area contributed by atoms with Gasteiger partial charge in [-0.1, -0.05) is 17.7 Å². The summed E-state index contributed by atoms with van der Waals surface area (Å²) in [5, 5.41) is 5.81. The van der Waals surface area contributed by atoms with Crippen molar-refractivity contribution < 1.29 is 19.1 Å². The first kappa shape index (κ1) is 19.7. The van der Waals surface area contributed by atoms with Gasteiger partial charge in [0.2, 0.25) is 11.8 Å². The Morgan fingerprint density at radius 1 is 0.893 bits per heavy atom. The summed E-state index contributed by atoms with van der Waals surface area (Å²) in [6.45, 7) is 5.93. The maximum Gasteiger partial charge on any atom is 0.240 e. The Kier molecular flexibility index (Phi) is 5.31. The van der Waals surface area contributed by atoms with E-state index in [1.54, 1.807) is 25.3 Å². The van der Waals surface area contributed by atoms with E-state index in [-0.39, 0.29) is 11.8 Å². The van der Waals surface area contributed by atoms with E-state index in [9.17, 15) is 9.59 Å². The number of ether oxygens (including phenoxy) is 2. The molecule has 6 nitrogen and oxygen atoms in total. The van der Waals surface area contributed by atoms with Crippen LogP contribution in [0.15, 0.2) is 30.3 Å². The van der Waals surface area contributed by atoms with E-state index in [0.717, 1.165) is 22.4 Å². The number of hydrogen-bond acceptors (Lipinski definition) is 4. The molecule has 0 bridgehead atoms. The lowest BCUT2D eigenvalue weighted by atomic mass is 10.0. The fraction of sp³-hybridized carbons (Fsp3) is 0.364. The molecule has 0 atom stereocenters. The number of rotatable bonds is 6. The van der Waals surface area contributed by atoms with Gasteiger partial charge in [-0.15, -0.1) is 0 Å². The molecule has 1 aliphatic carbocycles. The minimum Gasteiger partial charge on any atom is -0.497 e. The zero-order valence-electron chi connectivity index (χ0n) is 16.9. The highest BCUT2D eigenvalue weighted by Crippen LogP contribution is 2.48. The fourth-order valence-electron chi connectivity index (χ4n) is 3.45. The molecule has 28 heavy (non-hydrogen) atoms. The summed E-state index contributed by atoms with van der Waals surface area (Å²) in [7, 11) is 3.08. The molecule has 1 aliphatic rings. The molecule has 0 heterocycles. The Bertz CT molecular complexity index is 909. The molecule has 6 heteroatoms. The number of aryl methyl sites for hydroxylation is 3. The van der Waals surface area contributed by atoms with Crippen LogP contribution in [0.5, 0.6) is 11.5 Å². The number of hydrogen-bond donors (Lipinski definition) is 2. The first-order chi connectivity index (χ1) is 13.3. The second-order valence-electron chi connectivity index (χ2n) is 7.33. The zero-order chi connectivity index (χ0) is 20.5. The Morgan fingerprint density at radius 3 is 2.04 bits per heavy atom. The highest BCUT2D eigenvalue weighted by molar-refractivity contribution is 6.17. The third kappa shape index (κ3) is 3.67. The number of nitrogens with one attached hydrogen (secondary N) is 2. The van der Waals surface area contributed by atoms with Crippen molar-refractivity contribution in [1.82, 2.24) is 0 Å². The molecule has 0 aromatic heterocycles. The second kappa shape index (κ2) is 7.54. The lowest BCUT2D eigenvalue weighted by Crippen LogP contribution is -2.36. The van der Waals surface area contributed by atoms with Gasteiger partial charge in [0, 0.05) is 11.8 Å². The van der Waals surface area contributed by atoms with Gasteiger partial charge in [0.05, 0.1) is 19.9 Å². The van der Waals surface area contributed by atoms with Gasteiger partial charge in [-0.05, 0) is 56.9 Å². The van der Waals surface area contributed by atoms with Crippen LogP contribution >= 0.6 is 0 Å². The monoisotopic (exact) mass is 382 g/mol. The molecule has 2 N–H and O–H groups in total. The smallest absolute Gasteiger partial charge is 0.240 e. The number of carbonyl (C=O) groups excluding carboxylic acids is 2. The average Bonchev–Trinajstić information content (AvgIpc) is 3.46. The molecule has 0 radical (unpaired) electrons. The standard InChI is InChI=1S/C22H26N2O4/c1-13-10-14(2)19(15(3)11-13)24-21(26)22(8-9-22)20(25)23-17-12-16(27-4)6-7-18(17)28-5/h6-7,10-12H,8-9H2,1-5H3,(H,23,25)(H,24,26). The topological polar surface area (TPSA) is 76.7 Å². The van der Waals surface area contributed by atoms with E-state index in [4.69, 9.17) is 9.47 Å². The van der Waals surface area contributed by atoms with Crippen LogP contribution in [0.1, 0.15) is 29.5 Å². The average molecular weight is 382 g/mol. The van der Waals surface area contributed by atoms with Crippen LogP contribution < -0.4 is 20.1 Å². The van der Waals surface area contributed by atoms with Gasteiger partial charge >= 0.3 is 0 Å². The third-order valence-electron chi connectivity index (χ3n) is 5.19. The molecule has 3 rings (SSSR count). The SMILES string of the molecule is COc1ccc(OC)c(NC(=O)C2(C(=O)Nc3c(C)cc(C)cc3C)CC2)c1. The van der Waals surface area contributed by atoms with Crippen molar-refractivity contribution in [3.8, 4) is 11.5 Å². The predicted molar refractivity (Wildman–Crippen MR) is 109 cm³/mol. The summed E-state index contributed by atoms with van der Waals surface area (Å²) in [6.07, 6.45) is 1.03. The molecular formula is C22H26N2O4. The summed E-state index contributed by atoms with van der Waals surface area (Å²) in [6, 6.07) is 9.18. The van der Waals surface area contributed by atoms with Gasteiger partial charge < -0.3 is 20.1 Å². The normalized spacial score (nSPS) is 14.2. The predicted octanol–water partition coefficient (Wildman–Crippen LogP) is 3.99. The molecule has 0 aliphatic heterocycles. The van der Waals surface area contributed by atoms with Crippen LogP contribution in [0.3, 0.4) is 0 Å². The molecule has 1 saturated carbocycles. The van der Waals surface area contributed by atoms with Gasteiger partial charge in [0.15, 0.2) is 0 Å². The molecule has 2 aromatic carbocycles. The van der Waals surface area contributed by atoms with Crippen molar-refractivity contribution in [2.45, 2.75) is 33.6 Å². The maximum atomic E-state index is 13.0. The van der Waals surface area contributed by atoms with Gasteiger partial charge in [-0.2, -0.15) is 0 Å². The van der Waals surface area contributed by atoms with Crippen LogP contribution in [0.2, 0.25) is 0 Å². The van der Waals surface area contributed by atoms with Crippen molar-refractivity contribution in [2.24, 2.45) is 5.41 Å². The molecule has 0 spiro atoms. The Balaban J connectivity index is 1.80. The summed E-state index contributed by atoms with van der Waals surface area (Å²) in [4.78, 5) is 25.9. The molecular weight excluding hydrogens is 356 g/mol. The van der Waals surface area contributed by atoms with Crippen molar-refractivity contribution >= 4 is 23.2 Å². The Morgan fingerprint density at radius 2 is 1.50 bits per heavy atom. The lowest BCUT2D eigenvalue weighted by molar-refractivity contribution is -0.131. The van der Waals surface area contributed by atoms with Gasteiger partial charge in [0.25, 0.3) is 0 Å². The summed E-state index contributed by atoms with van der Waals surface area (Å²) >= 11 is 0. The number of anilines is 2. The van der Waals surface area contributed by atoms with E-state index >= 15 is 0 Å². The van der Waals surface area contributed by atoms with Crippen LogP contribution in [0.4, 0.5) is 11.4 Å². The quantitative estimate of drug-likeness (QED) is 0.741. The van der Waals surface area contributed by atoms with Crippen molar-refractivity contribution in [2.75, 3.05) is 24.9 Å². The second-order valence-corrected chi connectivity index (χ2v) is 7.33. The maximum absolute atomic E-state index is 13.0. The van der Waals surface area contributed by atoms with Gasteiger partial charge in [0.1, 0.15) is 16.9 Å². The molecule has 0 unspecified atom stereocenters. The van der Waals surface area contributed by atoms with E-state index in [0.29, 0.717) is 30.0 Å². The van der Waals surface area contributed by atoms with Crippen LogP contribution in [-0.2, 0) is 9.59 Å². The number of benzene rings is 2. The van der Waals surface area contributed by atoms with Crippen molar-refractivity contribution in [3.05, 3.63) is 47.0 Å². The Labute approximate surface area is 165 Å². The van der Waals surface area contributed by atoms with Gasteiger partial charge in [-0.3, -0.25) is 9.59 Å². The number of carbonyl (C=O) groups is 2. The highest BCUT2D eigenvalue weighted by atomic mass is 16.5. The van der Waals surface area contributed by atoms with Crippen LogP contribution in [0.25, 0.3) is 0 Å². The zero-order valence-corrected chi connectivity index (χ0v) is 16.9. The van der Waals surface area contributed by atoms with Crippen LogP contribution in [-0.4, -0.2) is 26.0 Å². The summed E-state index contributed by atoms with van der Waals surface area (Å²) < 4.78 is 10.5. The first-order valence-corrected chi connectivity index (χ1v) is 9.23.